The van der Waals surface area contributed by atoms with E-state index in [0.717, 1.165) is 23.7 Å². The number of hydrogen-bond donors (Lipinski definition) is 0. The number of rotatable bonds is 0. The van der Waals surface area contributed by atoms with Crippen LogP contribution in [-0.4, -0.2) is 0 Å². The molecule has 0 amide bonds. The normalized spacial score (nSPS) is 20.5. The highest BCUT2D eigenvalue weighted by atomic mass is 14.3. The first-order chi connectivity index (χ1) is 18.9. The lowest BCUT2D eigenvalue weighted by atomic mass is 10.0. The van der Waals surface area contributed by atoms with Gasteiger partial charge in [0.1, 0.15) is 0 Å². The third kappa shape index (κ3) is 37.2. The molecule has 0 radical (unpaired) electrons. The minimum Gasteiger partial charge on any atom is -0.0851 e. The maximum Gasteiger partial charge on any atom is -0.0228 e. The van der Waals surface area contributed by atoms with Crippen molar-refractivity contribution in [2.45, 2.75) is 205 Å². The third-order valence-corrected chi connectivity index (χ3v) is 8.67. The van der Waals surface area contributed by atoms with Crippen LogP contribution in [0.1, 0.15) is 205 Å². The van der Waals surface area contributed by atoms with E-state index in [2.05, 4.69) is 24.3 Å². The second-order valence-electron chi connectivity index (χ2n) is 12.0. The Hall–Kier alpha value is -2.08. The third-order valence-electron chi connectivity index (χ3n) is 8.67. The smallest absolute Gasteiger partial charge is 0.0228 e. The average Bonchev–Trinajstić information content (AvgIpc) is 3.88. The molecule has 8 rings (SSSR count). The summed E-state index contributed by atoms with van der Waals surface area (Å²) in [4.78, 5) is 0. The van der Waals surface area contributed by atoms with Crippen LogP contribution < -0.4 is 0 Å². The summed E-state index contributed by atoms with van der Waals surface area (Å²) < 4.78 is 0. The summed E-state index contributed by atoms with van der Waals surface area (Å²) in [5, 5.41) is 0. The summed E-state index contributed by atoms with van der Waals surface area (Å²) in [5.41, 5.74) is 0. The molecule has 2 aromatic carbocycles. The van der Waals surface area contributed by atoms with Gasteiger partial charge in [0.2, 0.25) is 0 Å². The number of hydrogen-bond acceptors (Lipinski definition) is 0. The highest BCUT2D eigenvalue weighted by Crippen LogP contribution is 2.38. The SMILES string of the molecule is C.C.C.C.C.C.C.C.C.C.C.C.C1=CC2CCC1C2.C1=CC2CCC1C2.C1CCCCC1.C1CCCCC1.c1ccccc1.c1ccccc1. The van der Waals surface area contributed by atoms with E-state index >= 15 is 0 Å². The fourth-order valence-electron chi connectivity index (χ4n) is 6.32. The van der Waals surface area contributed by atoms with E-state index in [1.165, 1.54) is 116 Å². The Morgan fingerprint density at radius 2 is 0.320 bits per heavy atom. The van der Waals surface area contributed by atoms with Crippen LogP contribution in [-0.2, 0) is 0 Å². The van der Waals surface area contributed by atoms with Crippen molar-refractivity contribution in [3.8, 4) is 0 Å². The molecule has 4 bridgehead atoms. The number of benzene rings is 2. The van der Waals surface area contributed by atoms with E-state index < -0.39 is 0 Å². The molecule has 2 aromatic rings. The molecule has 0 heterocycles. The first kappa shape index (κ1) is 73.4. The second-order valence-corrected chi connectivity index (χ2v) is 12.0. The zero-order valence-electron chi connectivity index (χ0n) is 24.3. The average molecular weight is 705 g/mol. The molecule has 0 heteroatoms. The van der Waals surface area contributed by atoms with Crippen LogP contribution in [0.3, 0.4) is 0 Å². The first-order valence-electron chi connectivity index (χ1n) is 16.3. The summed E-state index contributed by atoms with van der Waals surface area (Å²) in [6, 6.07) is 24.0. The summed E-state index contributed by atoms with van der Waals surface area (Å²) in [6.07, 6.45) is 36.4. The summed E-state index contributed by atoms with van der Waals surface area (Å²) in [7, 11) is 0. The molecule has 0 nitrogen and oxygen atoms in total. The molecule has 304 valence electrons. The van der Waals surface area contributed by atoms with Gasteiger partial charge in [0.15, 0.2) is 0 Å². The van der Waals surface area contributed by atoms with Crippen molar-refractivity contribution in [2.75, 3.05) is 0 Å². The Bertz CT molecular complexity index is 640. The molecule has 4 fully saturated rings. The predicted octanol–water partition coefficient (Wildman–Crippen LogP) is 19.6. The molecule has 0 aliphatic heterocycles. The van der Waals surface area contributed by atoms with Gasteiger partial charge in [-0.25, -0.2) is 0 Å². The zero-order chi connectivity index (χ0) is 26.4. The molecular weight excluding hydrogens is 601 g/mol. The zero-order valence-corrected chi connectivity index (χ0v) is 24.3. The summed E-state index contributed by atoms with van der Waals surface area (Å²) >= 11 is 0. The maximum atomic E-state index is 2.38. The lowest BCUT2D eigenvalue weighted by molar-refractivity contribution is 0.504. The van der Waals surface area contributed by atoms with Crippen LogP contribution >= 0.6 is 0 Å². The van der Waals surface area contributed by atoms with Crippen LogP contribution in [0.25, 0.3) is 0 Å². The minimum atomic E-state index is 0. The summed E-state index contributed by atoms with van der Waals surface area (Å²) in [6.45, 7) is 0. The predicted molar refractivity (Wildman–Crippen MR) is 249 cm³/mol. The molecule has 4 atom stereocenters. The van der Waals surface area contributed by atoms with Crippen LogP contribution in [0, 0.1) is 23.7 Å². The molecule has 4 unspecified atom stereocenters. The molecule has 6 aliphatic rings. The lowest BCUT2D eigenvalue weighted by Gasteiger charge is -2.05. The largest absolute Gasteiger partial charge is 0.0851 e. The quantitative estimate of drug-likeness (QED) is 0.240. The van der Waals surface area contributed by atoms with Gasteiger partial charge >= 0.3 is 0 Å². The van der Waals surface area contributed by atoms with Crippen molar-refractivity contribution < 1.29 is 0 Å². The van der Waals surface area contributed by atoms with Crippen molar-refractivity contribution >= 4 is 0 Å². The van der Waals surface area contributed by atoms with Crippen molar-refractivity contribution in [1.82, 2.24) is 0 Å². The fraction of sp³-hybridized carbons (Fsp3) is 0.680. The standard InChI is InChI=1S/2C7H10.2C6H12.2C6H6.12CH4/c2*1-2-7-4-3-6(1)5-7;4*1-2-4-6-5-3-1;;;;;;;;;;;;/h2*1-2,6-7H,3-5H2;2*1-6H2;2*1-6H;12*1H4. The van der Waals surface area contributed by atoms with Gasteiger partial charge in [-0.05, 0) is 62.2 Å². The second kappa shape index (κ2) is 51.3. The minimum absolute atomic E-state index is 0. The van der Waals surface area contributed by atoms with Crippen molar-refractivity contribution in [1.29, 1.82) is 0 Å². The van der Waals surface area contributed by atoms with Gasteiger partial charge in [-0.2, -0.15) is 0 Å². The Balaban J connectivity index is -0.0000000459. The molecule has 50 heavy (non-hydrogen) atoms. The van der Waals surface area contributed by atoms with Crippen molar-refractivity contribution in [2.24, 2.45) is 23.7 Å². The summed E-state index contributed by atoms with van der Waals surface area (Å²) in [5.74, 6) is 3.96. The Kier molecular flexibility index (Phi) is 75.3. The lowest BCUT2D eigenvalue weighted by Crippen LogP contribution is -1.85. The topological polar surface area (TPSA) is 0 Å². The molecule has 0 aromatic heterocycles. The van der Waals surface area contributed by atoms with Gasteiger partial charge in [0, 0.05) is 0 Å². The van der Waals surface area contributed by atoms with E-state index in [0.29, 0.717) is 0 Å². The van der Waals surface area contributed by atoms with Gasteiger partial charge in [0.05, 0.1) is 0 Å². The monoisotopic (exact) mass is 705 g/mol. The van der Waals surface area contributed by atoms with E-state index in [1.54, 1.807) is 0 Å². The molecule has 0 saturated heterocycles. The highest BCUT2D eigenvalue weighted by molar-refractivity contribution is 5.07. The van der Waals surface area contributed by atoms with Gasteiger partial charge < -0.3 is 0 Å². The van der Waals surface area contributed by atoms with Gasteiger partial charge in [-0.15, -0.1) is 0 Å². The van der Waals surface area contributed by atoms with Crippen LogP contribution in [0.2, 0.25) is 0 Å². The van der Waals surface area contributed by atoms with Crippen molar-refractivity contribution in [3.05, 3.63) is 97.1 Å². The van der Waals surface area contributed by atoms with Gasteiger partial charge in [-0.3, -0.25) is 0 Å². The highest BCUT2D eigenvalue weighted by Gasteiger charge is 2.26. The first-order valence-corrected chi connectivity index (χ1v) is 16.3. The number of allylic oxidation sites excluding steroid dienone is 4. The maximum absolute atomic E-state index is 2.38. The number of fused-ring (bicyclic) bond motifs is 4. The van der Waals surface area contributed by atoms with Gasteiger partial charge in [-0.1, -0.05) is 263 Å². The molecule has 0 spiro atoms. The Morgan fingerprint density at radius 3 is 0.380 bits per heavy atom. The fourth-order valence-corrected chi connectivity index (χ4v) is 6.32. The molecule has 0 N–H and O–H groups in total. The van der Waals surface area contributed by atoms with E-state index in [1.807, 2.05) is 72.8 Å². The van der Waals surface area contributed by atoms with Crippen LogP contribution in [0.4, 0.5) is 0 Å². The van der Waals surface area contributed by atoms with E-state index in [4.69, 9.17) is 0 Å². The molecule has 6 aliphatic carbocycles. The van der Waals surface area contributed by atoms with Crippen LogP contribution in [0.15, 0.2) is 97.1 Å². The molecular formula is C50H104. The van der Waals surface area contributed by atoms with E-state index in [-0.39, 0.29) is 89.1 Å². The Labute approximate surface area is 324 Å². The van der Waals surface area contributed by atoms with Crippen LogP contribution in [0.5, 0.6) is 0 Å². The van der Waals surface area contributed by atoms with E-state index in [9.17, 15) is 0 Å². The molecule has 4 saturated carbocycles. The Morgan fingerprint density at radius 1 is 0.200 bits per heavy atom. The van der Waals surface area contributed by atoms with Gasteiger partial charge in [0.25, 0.3) is 0 Å². The van der Waals surface area contributed by atoms with Crippen molar-refractivity contribution in [3.63, 3.8) is 0 Å².